The van der Waals surface area contributed by atoms with E-state index in [0.717, 1.165) is 25.7 Å². The molecule has 10 heteroatoms. The average Bonchev–Trinajstić information content (AvgIpc) is 3.07. The summed E-state index contributed by atoms with van der Waals surface area (Å²) >= 11 is 1.22. The van der Waals surface area contributed by atoms with Crippen molar-refractivity contribution >= 4 is 37.5 Å². The van der Waals surface area contributed by atoms with Gasteiger partial charge in [0.1, 0.15) is 16.3 Å². The molecule has 8 nitrogen and oxygen atoms in total. The second-order valence-corrected chi connectivity index (χ2v) is 12.1. The summed E-state index contributed by atoms with van der Waals surface area (Å²) in [6, 6.07) is 0. The van der Waals surface area contributed by atoms with E-state index in [9.17, 15) is 18.0 Å². The SMILES string of the molecule is Cc1sc2ncn(CC(=O)N3CCCCC3)c(=O)c2c1S(=O)(=O)N1CC(C)CC(C)C1. The number of hydrogen-bond acceptors (Lipinski definition) is 6. The van der Waals surface area contributed by atoms with E-state index < -0.39 is 15.6 Å². The third-order valence-electron chi connectivity index (χ3n) is 6.25. The first-order valence-electron chi connectivity index (χ1n) is 10.9. The predicted molar refractivity (Wildman–Crippen MR) is 121 cm³/mol. The zero-order valence-electron chi connectivity index (χ0n) is 18.3. The van der Waals surface area contributed by atoms with Gasteiger partial charge < -0.3 is 4.90 Å². The number of aromatic nitrogens is 2. The summed E-state index contributed by atoms with van der Waals surface area (Å²) in [4.78, 5) is 33.1. The van der Waals surface area contributed by atoms with Crippen molar-refractivity contribution in [2.75, 3.05) is 26.2 Å². The van der Waals surface area contributed by atoms with Crippen LogP contribution in [-0.4, -0.2) is 59.3 Å². The van der Waals surface area contributed by atoms with Gasteiger partial charge in [0, 0.05) is 31.1 Å². The molecule has 2 aromatic heterocycles. The van der Waals surface area contributed by atoms with E-state index >= 15 is 0 Å². The van der Waals surface area contributed by atoms with E-state index in [4.69, 9.17) is 0 Å². The Balaban J connectivity index is 1.73. The number of piperidine rings is 2. The second-order valence-electron chi connectivity index (χ2n) is 9.05. The normalized spacial score (nSPS) is 23.4. The van der Waals surface area contributed by atoms with Gasteiger partial charge in [0.15, 0.2) is 0 Å². The van der Waals surface area contributed by atoms with Crippen LogP contribution in [0.1, 0.15) is 44.4 Å². The third kappa shape index (κ3) is 4.29. The Labute approximate surface area is 186 Å². The molecule has 170 valence electrons. The van der Waals surface area contributed by atoms with E-state index in [-0.39, 0.29) is 34.6 Å². The van der Waals surface area contributed by atoms with Crippen molar-refractivity contribution in [2.45, 2.75) is 57.9 Å². The topological polar surface area (TPSA) is 92.6 Å². The molecule has 2 aliphatic heterocycles. The van der Waals surface area contributed by atoms with Gasteiger partial charge in [0.2, 0.25) is 15.9 Å². The number of nitrogens with zero attached hydrogens (tertiary/aromatic N) is 4. The molecular formula is C21H30N4O4S2. The van der Waals surface area contributed by atoms with E-state index in [2.05, 4.69) is 18.8 Å². The fourth-order valence-corrected chi connectivity index (χ4v) is 8.20. The molecule has 0 spiro atoms. The molecule has 0 N–H and O–H groups in total. The highest BCUT2D eigenvalue weighted by Gasteiger charge is 2.36. The highest BCUT2D eigenvalue weighted by Crippen LogP contribution is 2.35. The van der Waals surface area contributed by atoms with Gasteiger partial charge in [0.05, 0.1) is 11.7 Å². The minimum Gasteiger partial charge on any atom is -0.341 e. The molecule has 2 unspecified atom stereocenters. The molecule has 2 atom stereocenters. The van der Waals surface area contributed by atoms with E-state index in [1.807, 2.05) is 0 Å². The summed E-state index contributed by atoms with van der Waals surface area (Å²) in [5, 5.41) is 0.113. The van der Waals surface area contributed by atoms with Gasteiger partial charge >= 0.3 is 0 Å². The summed E-state index contributed by atoms with van der Waals surface area (Å²) in [5.74, 6) is 0.402. The van der Waals surface area contributed by atoms with Crippen molar-refractivity contribution in [3.05, 3.63) is 21.6 Å². The molecule has 0 aromatic carbocycles. The Morgan fingerprint density at radius 3 is 2.45 bits per heavy atom. The number of rotatable bonds is 4. The molecule has 0 aliphatic carbocycles. The Kier molecular flexibility index (Phi) is 6.24. The van der Waals surface area contributed by atoms with Crippen LogP contribution in [0.15, 0.2) is 16.0 Å². The van der Waals surface area contributed by atoms with Gasteiger partial charge in [-0.25, -0.2) is 13.4 Å². The number of amides is 1. The molecule has 2 aliphatic rings. The molecule has 0 bridgehead atoms. The van der Waals surface area contributed by atoms with E-state index in [1.54, 1.807) is 11.8 Å². The Morgan fingerprint density at radius 1 is 1.16 bits per heavy atom. The van der Waals surface area contributed by atoms with Crippen LogP contribution in [0.25, 0.3) is 10.2 Å². The Hall–Kier alpha value is -1.78. The van der Waals surface area contributed by atoms with Crippen LogP contribution >= 0.6 is 11.3 Å². The van der Waals surface area contributed by atoms with Crippen LogP contribution in [0.3, 0.4) is 0 Å². The summed E-state index contributed by atoms with van der Waals surface area (Å²) < 4.78 is 29.9. The van der Waals surface area contributed by atoms with Gasteiger partial charge in [-0.3, -0.25) is 14.2 Å². The fourth-order valence-electron chi connectivity index (χ4n) is 4.86. The Bertz CT molecular complexity index is 1140. The summed E-state index contributed by atoms with van der Waals surface area (Å²) in [7, 11) is -3.83. The number of hydrogen-bond donors (Lipinski definition) is 0. The van der Waals surface area contributed by atoms with E-state index in [1.165, 1.54) is 26.5 Å². The molecule has 0 radical (unpaired) electrons. The maximum Gasteiger partial charge on any atom is 0.263 e. The first-order valence-corrected chi connectivity index (χ1v) is 13.2. The minimum absolute atomic E-state index is 0.0612. The average molecular weight is 467 g/mol. The highest BCUT2D eigenvalue weighted by atomic mass is 32.2. The number of carbonyl (C=O) groups excluding carboxylic acids is 1. The molecule has 31 heavy (non-hydrogen) atoms. The maximum absolute atomic E-state index is 13.6. The lowest BCUT2D eigenvalue weighted by Crippen LogP contribution is -2.43. The van der Waals surface area contributed by atoms with Crippen molar-refractivity contribution in [3.63, 3.8) is 0 Å². The largest absolute Gasteiger partial charge is 0.341 e. The minimum atomic E-state index is -3.83. The lowest BCUT2D eigenvalue weighted by atomic mass is 9.94. The number of fused-ring (bicyclic) bond motifs is 1. The first kappa shape index (κ1) is 22.4. The van der Waals surface area contributed by atoms with Gasteiger partial charge in [-0.05, 0) is 44.4 Å². The Morgan fingerprint density at radius 2 is 1.81 bits per heavy atom. The number of sulfonamides is 1. The zero-order chi connectivity index (χ0) is 22.3. The summed E-state index contributed by atoms with van der Waals surface area (Å²) in [6.07, 6.45) is 5.40. The smallest absolute Gasteiger partial charge is 0.263 e. The second kappa shape index (κ2) is 8.63. The number of carbonyl (C=O) groups is 1. The molecule has 2 saturated heterocycles. The molecular weight excluding hydrogens is 436 g/mol. The van der Waals surface area contributed by atoms with Gasteiger partial charge in [0.25, 0.3) is 5.56 Å². The van der Waals surface area contributed by atoms with Gasteiger partial charge in [-0.1, -0.05) is 13.8 Å². The van der Waals surface area contributed by atoms with Crippen LogP contribution in [0.4, 0.5) is 0 Å². The standard InChI is InChI=1S/C21H30N4O4S2/c1-14-9-15(2)11-25(10-14)31(28,29)19-16(3)30-20-18(19)21(27)24(13-22-20)12-17(26)23-7-5-4-6-8-23/h13-15H,4-12H2,1-3H3. The van der Waals surface area contributed by atoms with Crippen molar-refractivity contribution in [2.24, 2.45) is 11.8 Å². The monoisotopic (exact) mass is 466 g/mol. The lowest BCUT2D eigenvalue weighted by Gasteiger charge is -2.34. The molecule has 4 heterocycles. The highest BCUT2D eigenvalue weighted by molar-refractivity contribution is 7.89. The quantitative estimate of drug-likeness (QED) is 0.690. The van der Waals surface area contributed by atoms with Crippen molar-refractivity contribution in [3.8, 4) is 0 Å². The zero-order valence-corrected chi connectivity index (χ0v) is 20.0. The van der Waals surface area contributed by atoms with Crippen molar-refractivity contribution in [1.29, 1.82) is 0 Å². The van der Waals surface area contributed by atoms with Crippen LogP contribution < -0.4 is 5.56 Å². The number of likely N-dealkylation sites (tertiary alicyclic amines) is 1. The van der Waals surface area contributed by atoms with E-state index in [0.29, 0.717) is 35.9 Å². The fraction of sp³-hybridized carbons (Fsp3) is 0.667. The number of aryl methyl sites for hydroxylation is 1. The number of thiophene rings is 1. The van der Waals surface area contributed by atoms with Gasteiger partial charge in [-0.15, -0.1) is 11.3 Å². The van der Waals surface area contributed by atoms with Gasteiger partial charge in [-0.2, -0.15) is 4.31 Å². The van der Waals surface area contributed by atoms with Crippen LogP contribution in [0.5, 0.6) is 0 Å². The lowest BCUT2D eigenvalue weighted by molar-refractivity contribution is -0.132. The molecule has 1 amide bonds. The first-order chi connectivity index (χ1) is 14.7. The summed E-state index contributed by atoms with van der Waals surface area (Å²) in [5.41, 5.74) is -0.462. The predicted octanol–water partition coefficient (Wildman–Crippen LogP) is 2.45. The molecule has 2 aromatic rings. The van der Waals surface area contributed by atoms with Crippen LogP contribution in [0, 0.1) is 18.8 Å². The molecule has 4 rings (SSSR count). The maximum atomic E-state index is 13.6. The van der Waals surface area contributed by atoms with Crippen molar-refractivity contribution < 1.29 is 13.2 Å². The van der Waals surface area contributed by atoms with Crippen LogP contribution in [-0.2, 0) is 21.4 Å². The third-order valence-corrected chi connectivity index (χ3v) is 9.39. The molecule has 2 fully saturated rings. The summed E-state index contributed by atoms with van der Waals surface area (Å²) in [6.45, 7) is 8.01. The molecule has 0 saturated carbocycles. The van der Waals surface area contributed by atoms with Crippen LogP contribution in [0.2, 0.25) is 0 Å². The van der Waals surface area contributed by atoms with Crippen molar-refractivity contribution in [1.82, 2.24) is 18.8 Å².